The summed E-state index contributed by atoms with van der Waals surface area (Å²) in [5, 5.41) is 0. The van der Waals surface area contributed by atoms with Crippen LogP contribution >= 0.6 is 12.6 Å². The molecule has 15 heavy (non-hydrogen) atoms. The zero-order valence-electron chi connectivity index (χ0n) is 8.51. The lowest BCUT2D eigenvalue weighted by atomic mass is 10.1. The minimum absolute atomic E-state index is 0.345. The van der Waals surface area contributed by atoms with Gasteiger partial charge in [0.25, 0.3) is 0 Å². The summed E-state index contributed by atoms with van der Waals surface area (Å²) < 4.78 is 4.67. The number of carbonyl (C=O) groups excluding carboxylic acids is 1. The summed E-state index contributed by atoms with van der Waals surface area (Å²) >= 11 is 4.09. The van der Waals surface area contributed by atoms with Gasteiger partial charge in [0.05, 0.1) is 12.7 Å². The second kappa shape index (κ2) is 6.24. The lowest BCUT2D eigenvalue weighted by Crippen LogP contribution is -2.03. The van der Waals surface area contributed by atoms with Crippen molar-refractivity contribution in [3.05, 3.63) is 35.7 Å². The minimum Gasteiger partial charge on any atom is -0.465 e. The van der Waals surface area contributed by atoms with Crippen molar-refractivity contribution in [3.63, 3.8) is 0 Å². The fraction of sp³-hybridized carbons (Fsp3) is 0.273. The molecule has 0 saturated heterocycles. The van der Waals surface area contributed by atoms with Crippen molar-refractivity contribution < 1.29 is 9.53 Å². The third-order valence-corrected chi connectivity index (χ3v) is 2.11. The molecule has 0 aromatic carbocycles. The van der Waals surface area contributed by atoms with Crippen molar-refractivity contribution >= 4 is 24.7 Å². The van der Waals surface area contributed by atoms with Gasteiger partial charge in [0.1, 0.15) is 0 Å². The monoisotopic (exact) mass is 223 g/mol. The first-order valence-corrected chi connectivity index (χ1v) is 5.22. The van der Waals surface area contributed by atoms with E-state index in [0.717, 1.165) is 17.7 Å². The number of methoxy groups -OCH3 is 1. The second-order valence-electron chi connectivity index (χ2n) is 2.87. The Labute approximate surface area is 94.6 Å². The molecule has 1 aromatic rings. The fourth-order valence-corrected chi connectivity index (χ4v) is 1.27. The van der Waals surface area contributed by atoms with Gasteiger partial charge < -0.3 is 4.74 Å². The van der Waals surface area contributed by atoms with Crippen LogP contribution < -0.4 is 0 Å². The van der Waals surface area contributed by atoms with Crippen molar-refractivity contribution in [1.29, 1.82) is 0 Å². The molecule has 0 atom stereocenters. The third-order valence-electron chi connectivity index (χ3n) is 1.85. The van der Waals surface area contributed by atoms with Gasteiger partial charge in [-0.25, -0.2) is 4.79 Å². The van der Waals surface area contributed by atoms with E-state index >= 15 is 0 Å². The van der Waals surface area contributed by atoms with Crippen molar-refractivity contribution in [3.8, 4) is 0 Å². The average Bonchev–Trinajstić information content (AvgIpc) is 2.29. The van der Waals surface area contributed by atoms with Gasteiger partial charge in [0.2, 0.25) is 0 Å². The molecule has 0 N–H and O–H groups in total. The number of thiol groups is 1. The van der Waals surface area contributed by atoms with Crippen molar-refractivity contribution in [1.82, 2.24) is 4.98 Å². The number of rotatable bonds is 4. The van der Waals surface area contributed by atoms with Crippen LogP contribution in [0, 0.1) is 0 Å². The van der Waals surface area contributed by atoms with Gasteiger partial charge in [-0.15, -0.1) is 0 Å². The van der Waals surface area contributed by atoms with Gasteiger partial charge in [-0.2, -0.15) is 12.6 Å². The van der Waals surface area contributed by atoms with Crippen molar-refractivity contribution in [2.75, 3.05) is 12.9 Å². The maximum Gasteiger partial charge on any atom is 0.338 e. The highest BCUT2D eigenvalue weighted by atomic mass is 32.1. The number of carbonyl (C=O) groups is 1. The molecule has 0 amide bonds. The van der Waals surface area contributed by atoms with Gasteiger partial charge in [0.15, 0.2) is 0 Å². The molecule has 0 spiro atoms. The summed E-state index contributed by atoms with van der Waals surface area (Å²) in [6.45, 7) is 0. The first-order chi connectivity index (χ1) is 7.29. The van der Waals surface area contributed by atoms with Gasteiger partial charge in [-0.05, 0) is 18.2 Å². The summed E-state index contributed by atoms with van der Waals surface area (Å²) in [4.78, 5) is 15.3. The number of ether oxygens (including phenoxy) is 1. The average molecular weight is 223 g/mol. The molecule has 0 aliphatic carbocycles. The number of hydrogen-bond acceptors (Lipinski definition) is 4. The molecule has 1 heterocycles. The number of allylic oxidation sites excluding steroid dienone is 1. The molecular weight excluding hydrogens is 210 g/mol. The molecule has 0 aliphatic heterocycles. The van der Waals surface area contributed by atoms with Crippen LogP contribution in [0.4, 0.5) is 0 Å². The number of pyridine rings is 1. The minimum atomic E-state index is -0.345. The molecule has 1 rings (SSSR count). The van der Waals surface area contributed by atoms with Gasteiger partial charge in [-0.3, -0.25) is 4.98 Å². The first-order valence-electron chi connectivity index (χ1n) is 4.59. The summed E-state index contributed by atoms with van der Waals surface area (Å²) in [6.07, 6.45) is 7.88. The summed E-state index contributed by atoms with van der Waals surface area (Å²) in [5.41, 5.74) is 1.30. The Morgan fingerprint density at radius 1 is 1.67 bits per heavy atom. The molecule has 4 heteroatoms. The van der Waals surface area contributed by atoms with E-state index < -0.39 is 0 Å². The first kappa shape index (κ1) is 11.8. The van der Waals surface area contributed by atoms with E-state index in [1.54, 1.807) is 18.5 Å². The maximum atomic E-state index is 11.4. The van der Waals surface area contributed by atoms with Crippen molar-refractivity contribution in [2.45, 2.75) is 6.42 Å². The van der Waals surface area contributed by atoms with E-state index in [9.17, 15) is 4.79 Å². The van der Waals surface area contributed by atoms with Crippen LogP contribution in [-0.2, 0) is 4.74 Å². The molecule has 0 fully saturated rings. The van der Waals surface area contributed by atoms with Gasteiger partial charge in [0, 0.05) is 18.0 Å². The van der Waals surface area contributed by atoms with E-state index in [1.807, 2.05) is 12.2 Å². The topological polar surface area (TPSA) is 39.2 Å². The molecule has 0 bridgehead atoms. The van der Waals surface area contributed by atoms with Crippen LogP contribution in [-0.4, -0.2) is 23.8 Å². The van der Waals surface area contributed by atoms with E-state index in [0.29, 0.717) is 5.56 Å². The number of nitrogens with zero attached hydrogens (tertiary/aromatic N) is 1. The second-order valence-corrected chi connectivity index (χ2v) is 3.32. The number of aromatic nitrogens is 1. The lowest BCUT2D eigenvalue weighted by molar-refractivity contribution is 0.0600. The predicted octanol–water partition coefficient (Wildman–Crippen LogP) is 2.20. The Morgan fingerprint density at radius 3 is 3.13 bits per heavy atom. The highest BCUT2D eigenvalue weighted by Crippen LogP contribution is 2.10. The molecule has 0 aliphatic rings. The highest BCUT2D eigenvalue weighted by Gasteiger charge is 2.08. The molecular formula is C11H13NO2S. The fourth-order valence-electron chi connectivity index (χ4n) is 1.12. The number of esters is 1. The molecule has 80 valence electrons. The molecule has 3 nitrogen and oxygen atoms in total. The Bertz CT molecular complexity index is 363. The number of hydrogen-bond donors (Lipinski definition) is 1. The zero-order valence-corrected chi connectivity index (χ0v) is 9.41. The van der Waals surface area contributed by atoms with E-state index in [2.05, 4.69) is 22.3 Å². The zero-order chi connectivity index (χ0) is 11.1. The molecule has 0 radical (unpaired) electrons. The maximum absolute atomic E-state index is 11.4. The Hall–Kier alpha value is -1.29. The Morgan fingerprint density at radius 2 is 2.47 bits per heavy atom. The van der Waals surface area contributed by atoms with Crippen LogP contribution in [0.5, 0.6) is 0 Å². The summed E-state index contributed by atoms with van der Waals surface area (Å²) in [5.74, 6) is 0.438. The summed E-state index contributed by atoms with van der Waals surface area (Å²) in [7, 11) is 1.37. The van der Waals surface area contributed by atoms with Crippen LogP contribution in [0.1, 0.15) is 22.3 Å². The van der Waals surface area contributed by atoms with Gasteiger partial charge in [-0.1, -0.05) is 12.2 Å². The van der Waals surface area contributed by atoms with Gasteiger partial charge >= 0.3 is 5.97 Å². The van der Waals surface area contributed by atoms with E-state index in [1.165, 1.54) is 7.11 Å². The largest absolute Gasteiger partial charge is 0.465 e. The van der Waals surface area contributed by atoms with Crippen molar-refractivity contribution in [2.24, 2.45) is 0 Å². The van der Waals surface area contributed by atoms with Crippen LogP contribution in [0.3, 0.4) is 0 Å². The van der Waals surface area contributed by atoms with E-state index in [-0.39, 0.29) is 5.97 Å². The highest BCUT2D eigenvalue weighted by molar-refractivity contribution is 7.80. The quantitative estimate of drug-likeness (QED) is 0.628. The molecule has 0 saturated carbocycles. The lowest BCUT2D eigenvalue weighted by Gasteiger charge is -2.02. The normalized spacial score (nSPS) is 10.5. The van der Waals surface area contributed by atoms with E-state index in [4.69, 9.17) is 0 Å². The van der Waals surface area contributed by atoms with Crippen LogP contribution in [0.15, 0.2) is 24.5 Å². The predicted molar refractivity (Wildman–Crippen MR) is 63.1 cm³/mol. The van der Waals surface area contributed by atoms with Crippen LogP contribution in [0.2, 0.25) is 0 Å². The molecule has 1 aromatic heterocycles. The third kappa shape index (κ3) is 3.40. The smallest absolute Gasteiger partial charge is 0.338 e. The SMILES string of the molecule is COC(=O)c1ccncc1C=CCCS. The Balaban J connectivity index is 2.91. The standard InChI is InChI=1S/C11H13NO2S/c1-14-11(13)10-5-6-12-8-9(10)4-2-3-7-15/h2,4-6,8,15H,3,7H2,1H3. The Kier molecular flexibility index (Phi) is 4.90. The van der Waals surface area contributed by atoms with Crippen LogP contribution in [0.25, 0.3) is 6.08 Å². The molecule has 0 unspecified atom stereocenters. The summed E-state index contributed by atoms with van der Waals surface area (Å²) in [6, 6.07) is 1.65.